The largest absolute Gasteiger partial charge is 0.508 e. The van der Waals surface area contributed by atoms with E-state index in [1.807, 2.05) is 30.3 Å². The average molecular weight is 385 g/mol. The van der Waals surface area contributed by atoms with Crippen LogP contribution in [0, 0.1) is 5.41 Å². The Morgan fingerprint density at radius 2 is 1.89 bits per heavy atom. The van der Waals surface area contributed by atoms with Crippen LogP contribution in [0.5, 0.6) is 5.75 Å². The van der Waals surface area contributed by atoms with Gasteiger partial charge in [-0.15, -0.1) is 0 Å². The Balaban J connectivity index is 2.22. The van der Waals surface area contributed by atoms with Crippen LogP contribution in [0.3, 0.4) is 0 Å². The topological polar surface area (TPSA) is 52.9 Å². The lowest BCUT2D eigenvalue weighted by molar-refractivity contribution is -0.123. The van der Waals surface area contributed by atoms with Gasteiger partial charge in [0.25, 0.3) is 0 Å². The van der Waals surface area contributed by atoms with Gasteiger partial charge in [-0.25, -0.2) is 0 Å². The minimum atomic E-state index is -1.11. The maximum atomic E-state index is 13.0. The number of nitrogens with zero attached hydrogens (tertiary/aromatic N) is 2. The van der Waals surface area contributed by atoms with E-state index >= 15 is 0 Å². The van der Waals surface area contributed by atoms with E-state index in [1.165, 1.54) is 6.07 Å². The summed E-state index contributed by atoms with van der Waals surface area (Å²) >= 11 is 6.05. The molecule has 2 atom stereocenters. The summed E-state index contributed by atoms with van der Waals surface area (Å²) in [7, 11) is 0. The maximum absolute atomic E-state index is 13.0. The first-order valence-corrected chi connectivity index (χ1v) is 9.39. The van der Waals surface area contributed by atoms with Crippen molar-refractivity contribution in [3.63, 3.8) is 0 Å². The molecule has 2 aromatic carbocycles. The lowest BCUT2D eigenvalue weighted by Gasteiger charge is -2.39. The van der Waals surface area contributed by atoms with E-state index in [-0.39, 0.29) is 16.9 Å². The average Bonchev–Trinajstić information content (AvgIpc) is 2.94. The van der Waals surface area contributed by atoms with Gasteiger partial charge in [-0.05, 0) is 30.0 Å². The monoisotopic (exact) mass is 384 g/mol. The van der Waals surface area contributed by atoms with Crippen molar-refractivity contribution in [3.05, 3.63) is 64.7 Å². The fraction of sp³-hybridized carbons (Fsp3) is 0.364. The van der Waals surface area contributed by atoms with Crippen molar-refractivity contribution in [3.8, 4) is 5.75 Å². The first kappa shape index (κ1) is 19.4. The van der Waals surface area contributed by atoms with Gasteiger partial charge in [0.2, 0.25) is 0 Å². The molecule has 0 fully saturated rings. The SMILES string of the molecule is CC(=O)[C@]1(c2ccccc2)N=CN(CC(C)(C)C)[C@H]1c1ccc(Cl)cc1O. The molecule has 4 nitrogen and oxygen atoms in total. The number of carbonyl (C=O) groups excluding carboxylic acids is 1. The predicted molar refractivity (Wildman–Crippen MR) is 109 cm³/mol. The Kier molecular flexibility index (Phi) is 5.04. The Morgan fingerprint density at radius 1 is 1.22 bits per heavy atom. The van der Waals surface area contributed by atoms with Gasteiger partial charge in [0.05, 0.1) is 12.4 Å². The van der Waals surface area contributed by atoms with E-state index < -0.39 is 11.6 Å². The molecule has 3 rings (SSSR count). The van der Waals surface area contributed by atoms with Crippen LogP contribution in [-0.4, -0.2) is 28.7 Å². The third-order valence-electron chi connectivity index (χ3n) is 4.83. The van der Waals surface area contributed by atoms with Crippen molar-refractivity contribution in [2.45, 2.75) is 39.3 Å². The zero-order valence-corrected chi connectivity index (χ0v) is 16.9. The normalized spacial score (nSPS) is 22.3. The summed E-state index contributed by atoms with van der Waals surface area (Å²) < 4.78 is 0. The highest BCUT2D eigenvalue weighted by atomic mass is 35.5. The molecule has 0 spiro atoms. The van der Waals surface area contributed by atoms with Crippen molar-refractivity contribution in [2.75, 3.05) is 6.54 Å². The van der Waals surface area contributed by atoms with Crippen molar-refractivity contribution in [1.29, 1.82) is 0 Å². The summed E-state index contributed by atoms with van der Waals surface area (Å²) in [6, 6.07) is 14.1. The van der Waals surface area contributed by atoms with Crippen LogP contribution in [0.1, 0.15) is 44.9 Å². The van der Waals surface area contributed by atoms with Gasteiger partial charge in [-0.3, -0.25) is 9.79 Å². The lowest BCUT2D eigenvalue weighted by Crippen LogP contribution is -2.44. The Hall–Kier alpha value is -2.33. The second-order valence-corrected chi connectivity index (χ2v) is 8.71. The number of carbonyl (C=O) groups is 1. The number of hydrogen-bond acceptors (Lipinski definition) is 4. The number of phenolic OH excluding ortho intramolecular Hbond substituents is 1. The van der Waals surface area contributed by atoms with Crippen LogP contribution in [0.25, 0.3) is 0 Å². The highest BCUT2D eigenvalue weighted by Crippen LogP contribution is 2.49. The third kappa shape index (κ3) is 3.59. The molecule has 1 aliphatic heterocycles. The minimum absolute atomic E-state index is 0.0180. The number of rotatable bonds is 4. The Labute approximate surface area is 165 Å². The number of phenols is 1. The number of benzene rings is 2. The fourth-order valence-corrected chi connectivity index (χ4v) is 3.95. The van der Waals surface area contributed by atoms with Gasteiger partial charge in [0.15, 0.2) is 11.3 Å². The van der Waals surface area contributed by atoms with Gasteiger partial charge in [-0.2, -0.15) is 0 Å². The van der Waals surface area contributed by atoms with Crippen LogP contribution in [0.4, 0.5) is 0 Å². The molecule has 0 amide bonds. The van der Waals surface area contributed by atoms with Gasteiger partial charge < -0.3 is 10.0 Å². The third-order valence-corrected chi connectivity index (χ3v) is 5.07. The maximum Gasteiger partial charge on any atom is 0.169 e. The zero-order chi connectivity index (χ0) is 19.8. The van der Waals surface area contributed by atoms with Gasteiger partial charge >= 0.3 is 0 Å². The molecular weight excluding hydrogens is 360 g/mol. The van der Waals surface area contributed by atoms with E-state index in [9.17, 15) is 9.90 Å². The number of hydrogen-bond donors (Lipinski definition) is 1. The summed E-state index contributed by atoms with van der Waals surface area (Å²) in [4.78, 5) is 19.8. The van der Waals surface area contributed by atoms with Gasteiger partial charge in [0.1, 0.15) is 5.75 Å². The summed E-state index contributed by atoms with van der Waals surface area (Å²) in [5, 5.41) is 11.1. The van der Waals surface area contributed by atoms with Gasteiger partial charge in [0, 0.05) is 17.1 Å². The molecule has 0 saturated heterocycles. The van der Waals surface area contributed by atoms with E-state index in [1.54, 1.807) is 25.4 Å². The molecule has 0 unspecified atom stereocenters. The molecule has 0 aromatic heterocycles. The fourth-order valence-electron chi connectivity index (χ4n) is 3.79. The van der Waals surface area contributed by atoms with Crippen molar-refractivity contribution < 1.29 is 9.90 Å². The quantitative estimate of drug-likeness (QED) is 0.810. The molecule has 1 N–H and O–H groups in total. The van der Waals surface area contributed by atoms with Crippen molar-refractivity contribution in [2.24, 2.45) is 10.4 Å². The van der Waals surface area contributed by atoms with E-state index in [0.717, 1.165) is 5.56 Å². The van der Waals surface area contributed by atoms with Crippen LogP contribution in [0.2, 0.25) is 5.02 Å². The Morgan fingerprint density at radius 3 is 2.44 bits per heavy atom. The summed E-state index contributed by atoms with van der Waals surface area (Å²) in [6.07, 6.45) is 1.75. The first-order valence-electron chi connectivity index (χ1n) is 9.01. The van der Waals surface area contributed by atoms with E-state index in [4.69, 9.17) is 16.6 Å². The molecule has 0 bridgehead atoms. The number of ketones is 1. The molecule has 0 saturated carbocycles. The Bertz CT molecular complexity index is 874. The standard InChI is InChI=1S/C22H25ClN2O2/c1-15(26)22(16-8-6-5-7-9-16)20(18-11-10-17(23)12-19(18)27)25(14-24-22)13-21(2,3)4/h5-12,14,20,27H,13H2,1-4H3/t20-,22+/m0/s1. The van der Waals surface area contributed by atoms with Crippen LogP contribution < -0.4 is 0 Å². The molecule has 27 heavy (non-hydrogen) atoms. The molecule has 1 heterocycles. The summed E-state index contributed by atoms with van der Waals surface area (Å²) in [6.45, 7) is 8.65. The molecule has 5 heteroatoms. The molecule has 1 aliphatic rings. The van der Waals surface area contributed by atoms with E-state index in [0.29, 0.717) is 17.1 Å². The first-order chi connectivity index (χ1) is 12.6. The second-order valence-electron chi connectivity index (χ2n) is 8.27. The number of aromatic hydroxyl groups is 1. The zero-order valence-electron chi connectivity index (χ0n) is 16.1. The highest BCUT2D eigenvalue weighted by molar-refractivity contribution is 6.30. The number of aliphatic imine (C=N–C) groups is 1. The lowest BCUT2D eigenvalue weighted by atomic mass is 9.76. The predicted octanol–water partition coefficient (Wildman–Crippen LogP) is 4.96. The van der Waals surface area contributed by atoms with Crippen LogP contribution in [-0.2, 0) is 10.3 Å². The van der Waals surface area contributed by atoms with Crippen LogP contribution in [0.15, 0.2) is 53.5 Å². The van der Waals surface area contributed by atoms with Gasteiger partial charge in [-0.1, -0.05) is 68.8 Å². The van der Waals surface area contributed by atoms with Crippen LogP contribution >= 0.6 is 11.6 Å². The molecule has 0 radical (unpaired) electrons. The number of Topliss-reactive ketones (excluding diaryl/α,β-unsaturated/α-hetero) is 1. The molecule has 0 aliphatic carbocycles. The smallest absolute Gasteiger partial charge is 0.169 e. The molecular formula is C22H25ClN2O2. The minimum Gasteiger partial charge on any atom is -0.508 e. The van der Waals surface area contributed by atoms with E-state index in [2.05, 4.69) is 25.7 Å². The molecule has 142 valence electrons. The second kappa shape index (κ2) is 7.01. The van der Waals surface area contributed by atoms with Crippen molar-refractivity contribution in [1.82, 2.24) is 4.90 Å². The summed E-state index contributed by atoms with van der Waals surface area (Å²) in [5.74, 6) is -0.000764. The highest BCUT2D eigenvalue weighted by Gasteiger charge is 2.52. The molecule has 2 aromatic rings. The summed E-state index contributed by atoms with van der Waals surface area (Å²) in [5.41, 5.74) is 0.318. The number of halogens is 1. The van der Waals surface area contributed by atoms with Crippen molar-refractivity contribution >= 4 is 23.7 Å².